The molecule has 2 aliphatic rings. The summed E-state index contributed by atoms with van der Waals surface area (Å²) in [6, 6.07) is 48.5. The first-order valence-electron chi connectivity index (χ1n) is 26.4. The van der Waals surface area contributed by atoms with Crippen molar-refractivity contribution in [1.82, 2.24) is 30.0 Å². The number of anilines is 4. The lowest BCUT2D eigenvalue weighted by Crippen LogP contribution is -2.43. The molecule has 2 fully saturated rings. The van der Waals surface area contributed by atoms with Crippen molar-refractivity contribution in [2.24, 2.45) is 0 Å². The summed E-state index contributed by atoms with van der Waals surface area (Å²) < 4.78 is 0. The van der Waals surface area contributed by atoms with Crippen LogP contribution >= 0.6 is 0 Å². The van der Waals surface area contributed by atoms with Crippen molar-refractivity contribution < 1.29 is 14.4 Å². The average Bonchev–Trinajstić information content (AvgIpc) is 3.43. The normalized spacial score (nSPS) is 13.9. The van der Waals surface area contributed by atoms with Gasteiger partial charge in [-0.25, -0.2) is 0 Å². The number of hydrogen-bond donors (Lipinski definition) is 1. The molecule has 2 aliphatic heterocycles. The molecule has 4 heterocycles. The molecule has 13 heteroatoms. The van der Waals surface area contributed by atoms with Gasteiger partial charge in [0.05, 0.1) is 29.0 Å². The first kappa shape index (κ1) is 56.6. The Morgan fingerprint density at radius 2 is 1.01 bits per heavy atom. The van der Waals surface area contributed by atoms with E-state index in [0.717, 1.165) is 93.1 Å². The van der Waals surface area contributed by atoms with Gasteiger partial charge in [-0.2, -0.15) is 10.5 Å². The maximum atomic E-state index is 13.2. The zero-order valence-corrected chi connectivity index (χ0v) is 45.0. The molecule has 75 heavy (non-hydrogen) atoms. The Labute approximate surface area is 445 Å². The van der Waals surface area contributed by atoms with Crippen molar-refractivity contribution in [2.45, 2.75) is 124 Å². The number of nitrogens with zero attached hydrogens (tertiary/aromatic N) is 9. The molecule has 0 unspecified atom stereocenters. The number of amides is 2. The van der Waals surface area contributed by atoms with E-state index < -0.39 is 0 Å². The number of aromatic nitrogens is 2. The predicted octanol–water partition coefficient (Wildman–Crippen LogP) is 11.6. The summed E-state index contributed by atoms with van der Waals surface area (Å²) in [5.74, 6) is 0.115. The van der Waals surface area contributed by atoms with Gasteiger partial charge in [0.25, 0.3) is 11.8 Å². The number of aldehydes is 1. The van der Waals surface area contributed by atoms with Crippen molar-refractivity contribution in [1.29, 1.82) is 10.5 Å². The molecule has 390 valence electrons. The molecule has 0 spiro atoms. The van der Waals surface area contributed by atoms with E-state index in [1.165, 1.54) is 0 Å². The van der Waals surface area contributed by atoms with Crippen molar-refractivity contribution in [3.63, 3.8) is 0 Å². The topological polar surface area (TPSA) is 153 Å². The van der Waals surface area contributed by atoms with Gasteiger partial charge in [0.15, 0.2) is 6.29 Å². The number of likely N-dealkylation sites (tertiary alicyclic amines) is 1. The minimum Gasteiger partial charge on any atom is -0.338 e. The van der Waals surface area contributed by atoms with Crippen LogP contribution in [0.5, 0.6) is 0 Å². The van der Waals surface area contributed by atoms with Gasteiger partial charge in [-0.1, -0.05) is 24.3 Å². The zero-order valence-electron chi connectivity index (χ0n) is 45.0. The third kappa shape index (κ3) is 15.7. The fourth-order valence-electron chi connectivity index (χ4n) is 10.1. The molecule has 0 bridgehead atoms. The van der Waals surface area contributed by atoms with Crippen LogP contribution in [0.2, 0.25) is 0 Å². The number of benzene rings is 4. The fraction of sp³-hybridized carbons (Fsp3) is 0.371. The van der Waals surface area contributed by atoms with Gasteiger partial charge in [-0.05, 0) is 203 Å². The van der Waals surface area contributed by atoms with Gasteiger partial charge in [0, 0.05) is 102 Å². The second-order valence-corrected chi connectivity index (χ2v) is 20.1. The Hall–Kier alpha value is -7.71. The highest BCUT2D eigenvalue weighted by atomic mass is 16.2. The molecule has 2 saturated heterocycles. The molecule has 0 saturated carbocycles. The van der Waals surface area contributed by atoms with Crippen molar-refractivity contribution in [2.75, 3.05) is 36.0 Å². The Morgan fingerprint density at radius 3 is 1.39 bits per heavy atom. The van der Waals surface area contributed by atoms with E-state index in [1.807, 2.05) is 141 Å². The second kappa shape index (κ2) is 28.1. The number of carbonyl (C=O) groups is 3. The molecule has 6 aromatic rings. The summed E-state index contributed by atoms with van der Waals surface area (Å²) in [5, 5.41) is 22.3. The molecule has 2 amide bonds. The van der Waals surface area contributed by atoms with Gasteiger partial charge in [0.2, 0.25) is 0 Å². The molecule has 13 nitrogen and oxygen atoms in total. The van der Waals surface area contributed by atoms with E-state index in [2.05, 4.69) is 88.0 Å². The average molecular weight is 1010 g/mol. The van der Waals surface area contributed by atoms with Crippen LogP contribution in [0, 0.1) is 22.7 Å². The lowest BCUT2D eigenvalue weighted by atomic mass is 10.00. The van der Waals surface area contributed by atoms with Crippen LogP contribution in [0.15, 0.2) is 146 Å². The van der Waals surface area contributed by atoms with Crippen LogP contribution in [0.1, 0.15) is 129 Å². The molecule has 2 aromatic heterocycles. The number of rotatable bonds is 15. The smallest absolute Gasteiger partial charge is 0.254 e. The van der Waals surface area contributed by atoms with Crippen LogP contribution in [0.3, 0.4) is 0 Å². The summed E-state index contributed by atoms with van der Waals surface area (Å²) in [6.07, 6.45) is 8.22. The minimum atomic E-state index is 0.0532. The Kier molecular flexibility index (Phi) is 21.2. The van der Waals surface area contributed by atoms with Crippen LogP contribution in [-0.2, 0) is 6.54 Å². The summed E-state index contributed by atoms with van der Waals surface area (Å²) in [7, 11) is 0. The van der Waals surface area contributed by atoms with E-state index in [-0.39, 0.29) is 36.0 Å². The van der Waals surface area contributed by atoms with Crippen molar-refractivity contribution >= 4 is 40.9 Å². The highest BCUT2D eigenvalue weighted by molar-refractivity contribution is 5.96. The number of carbonyl (C=O) groups excluding carboxylic acids is 3. The van der Waals surface area contributed by atoms with Crippen LogP contribution in [0.25, 0.3) is 0 Å². The van der Waals surface area contributed by atoms with E-state index in [0.29, 0.717) is 40.0 Å². The Bertz CT molecular complexity index is 2790. The van der Waals surface area contributed by atoms with Gasteiger partial charge in [-0.15, -0.1) is 0 Å². The molecule has 8 rings (SSSR count). The lowest BCUT2D eigenvalue weighted by Gasteiger charge is -2.40. The van der Waals surface area contributed by atoms with E-state index in [4.69, 9.17) is 0 Å². The summed E-state index contributed by atoms with van der Waals surface area (Å²) >= 11 is 0. The second-order valence-electron chi connectivity index (χ2n) is 20.1. The Morgan fingerprint density at radius 1 is 0.573 bits per heavy atom. The number of nitriles is 2. The Balaban J connectivity index is 0.000000215. The first-order chi connectivity index (χ1) is 36.2. The number of nitrogens with one attached hydrogen (secondary N) is 1. The van der Waals surface area contributed by atoms with Gasteiger partial charge >= 0.3 is 0 Å². The summed E-state index contributed by atoms with van der Waals surface area (Å²) in [5.41, 5.74) is 8.39. The van der Waals surface area contributed by atoms with Crippen molar-refractivity contribution in [3.05, 3.63) is 179 Å². The third-order valence-corrected chi connectivity index (χ3v) is 13.5. The van der Waals surface area contributed by atoms with Crippen LogP contribution < -0.4 is 15.1 Å². The highest BCUT2D eigenvalue weighted by Crippen LogP contribution is 2.35. The molecule has 1 N–H and O–H groups in total. The van der Waals surface area contributed by atoms with Crippen LogP contribution in [-0.4, -0.2) is 105 Å². The monoisotopic (exact) mass is 1010 g/mol. The summed E-state index contributed by atoms with van der Waals surface area (Å²) in [6.45, 7) is 21.2. The van der Waals surface area contributed by atoms with E-state index in [1.54, 1.807) is 24.4 Å². The number of piperidine rings is 2. The van der Waals surface area contributed by atoms with Gasteiger partial charge in [0.1, 0.15) is 5.69 Å². The number of pyridine rings is 2. The van der Waals surface area contributed by atoms with E-state index >= 15 is 0 Å². The third-order valence-electron chi connectivity index (χ3n) is 13.5. The highest BCUT2D eigenvalue weighted by Gasteiger charge is 2.29. The molecular formula is C62H74N10O3. The van der Waals surface area contributed by atoms with Gasteiger partial charge in [-0.3, -0.25) is 29.3 Å². The SMILES string of the molecule is CC(C)N(C(=O)c1ccc(N(c2cccc(C#N)c2)C2CCN(Cc3ccccn3)CC2)cc1)C(C)C.CC(C)N(C(=O)c1ccc(N(c2cccc(C#N)c2)C2CCNCC2)cc1)C(C)C.O=Cc1ccccn1. The number of hydrogen-bond acceptors (Lipinski definition) is 11. The quantitative estimate of drug-likeness (QED) is 0.0978. The standard InChI is InChI=1S/C31H37N5O.C25H32N4O.C6H5NO/c1-23(2)35(24(3)4)31(37)26-11-13-28(14-12-26)36(30-10-7-8-25(20-30)21-32)29-15-18-34(19-16-29)22-27-9-5-6-17-33-27;1-18(2)28(19(3)4)25(30)21-8-10-22(11-9-21)29(23-12-14-27-15-13-23)24-7-5-6-20(16-24)17-26;8-5-6-3-1-2-4-7-6/h5-14,17,20,23-24,29H,15-16,18-19,22H2,1-4H3;5-11,16,18-19,23,27H,12-15H2,1-4H3;1-5H. The maximum absolute atomic E-state index is 13.2. The van der Waals surface area contributed by atoms with Crippen LogP contribution in [0.4, 0.5) is 22.7 Å². The first-order valence-corrected chi connectivity index (χ1v) is 26.4. The summed E-state index contributed by atoms with van der Waals surface area (Å²) in [4.78, 5) is 55.4. The molecule has 0 radical (unpaired) electrons. The molecule has 4 aromatic carbocycles. The predicted molar refractivity (Wildman–Crippen MR) is 300 cm³/mol. The molecule has 0 atom stereocenters. The van der Waals surface area contributed by atoms with Gasteiger partial charge < -0.3 is 24.9 Å². The van der Waals surface area contributed by atoms with Crippen molar-refractivity contribution in [3.8, 4) is 12.1 Å². The maximum Gasteiger partial charge on any atom is 0.254 e. The largest absolute Gasteiger partial charge is 0.338 e. The van der Waals surface area contributed by atoms with E-state index in [9.17, 15) is 24.9 Å². The lowest BCUT2D eigenvalue weighted by molar-refractivity contribution is 0.0634. The molecule has 0 aliphatic carbocycles. The fourth-order valence-corrected chi connectivity index (χ4v) is 10.1. The zero-order chi connectivity index (χ0) is 53.9. The molecular weight excluding hydrogens is 933 g/mol. The minimum absolute atomic E-state index is 0.0532.